The zero-order valence-corrected chi connectivity index (χ0v) is 10.5. The standard InChI is InChI=1S/C13H25N3/c1-16-9-6-12(7-10-16)11-15-13-5-3-2-4-8-14-13/h12H,2-11H2,1H3,(H,14,15). The first-order valence-corrected chi connectivity index (χ1v) is 6.80. The number of hydrogen-bond donors (Lipinski definition) is 1. The molecule has 16 heavy (non-hydrogen) atoms. The van der Waals surface area contributed by atoms with Crippen molar-refractivity contribution < 1.29 is 0 Å². The monoisotopic (exact) mass is 223 g/mol. The van der Waals surface area contributed by atoms with Gasteiger partial charge in [-0.15, -0.1) is 0 Å². The zero-order valence-electron chi connectivity index (χ0n) is 10.5. The topological polar surface area (TPSA) is 27.6 Å². The van der Waals surface area contributed by atoms with Crippen molar-refractivity contribution in [2.24, 2.45) is 10.9 Å². The summed E-state index contributed by atoms with van der Waals surface area (Å²) in [6, 6.07) is 0. The van der Waals surface area contributed by atoms with E-state index in [1.165, 1.54) is 57.5 Å². The van der Waals surface area contributed by atoms with Gasteiger partial charge in [0.25, 0.3) is 0 Å². The molecule has 2 aliphatic rings. The Morgan fingerprint density at radius 3 is 2.88 bits per heavy atom. The van der Waals surface area contributed by atoms with E-state index >= 15 is 0 Å². The second-order valence-electron chi connectivity index (χ2n) is 5.27. The van der Waals surface area contributed by atoms with Gasteiger partial charge in [0, 0.05) is 19.5 Å². The number of piperidine rings is 1. The lowest BCUT2D eigenvalue weighted by Crippen LogP contribution is -2.36. The molecule has 0 spiro atoms. The van der Waals surface area contributed by atoms with E-state index in [-0.39, 0.29) is 0 Å². The van der Waals surface area contributed by atoms with Crippen molar-refractivity contribution in [2.45, 2.75) is 38.5 Å². The number of aliphatic imine (C=N–C) groups is 1. The lowest BCUT2D eigenvalue weighted by Gasteiger charge is -2.29. The second kappa shape index (κ2) is 6.24. The molecular formula is C13H25N3. The average Bonchev–Trinajstić information content (AvgIpc) is 2.57. The number of amidine groups is 1. The smallest absolute Gasteiger partial charge is 0.0963 e. The van der Waals surface area contributed by atoms with Crippen molar-refractivity contribution >= 4 is 5.84 Å². The van der Waals surface area contributed by atoms with Gasteiger partial charge in [-0.05, 0) is 51.7 Å². The fourth-order valence-electron chi connectivity index (χ4n) is 2.55. The Balaban J connectivity index is 1.68. The predicted octanol–water partition coefficient (Wildman–Crippen LogP) is 1.89. The molecule has 0 aromatic rings. The van der Waals surface area contributed by atoms with Gasteiger partial charge in [-0.3, -0.25) is 4.99 Å². The molecule has 0 radical (unpaired) electrons. The maximum atomic E-state index is 4.62. The van der Waals surface area contributed by atoms with Gasteiger partial charge in [0.15, 0.2) is 0 Å². The van der Waals surface area contributed by atoms with Crippen molar-refractivity contribution in [3.8, 4) is 0 Å². The Hall–Kier alpha value is -0.570. The maximum Gasteiger partial charge on any atom is 0.0963 e. The van der Waals surface area contributed by atoms with E-state index in [0.717, 1.165) is 19.0 Å². The van der Waals surface area contributed by atoms with Crippen molar-refractivity contribution in [1.82, 2.24) is 10.2 Å². The Kier molecular flexibility index (Phi) is 4.64. The molecule has 0 aromatic carbocycles. The molecule has 0 aromatic heterocycles. The predicted molar refractivity (Wildman–Crippen MR) is 69.0 cm³/mol. The summed E-state index contributed by atoms with van der Waals surface area (Å²) in [5.41, 5.74) is 0. The summed E-state index contributed by atoms with van der Waals surface area (Å²) in [6.45, 7) is 4.71. The van der Waals surface area contributed by atoms with Crippen LogP contribution in [0.15, 0.2) is 4.99 Å². The maximum absolute atomic E-state index is 4.62. The minimum absolute atomic E-state index is 0.863. The third-order valence-electron chi connectivity index (χ3n) is 3.81. The number of rotatable bonds is 2. The highest BCUT2D eigenvalue weighted by Gasteiger charge is 2.16. The minimum Gasteiger partial charge on any atom is -0.374 e. The molecule has 0 atom stereocenters. The molecule has 1 fully saturated rings. The lowest BCUT2D eigenvalue weighted by molar-refractivity contribution is 0.220. The first-order valence-electron chi connectivity index (χ1n) is 6.80. The van der Waals surface area contributed by atoms with Gasteiger partial charge in [0.05, 0.1) is 5.84 Å². The third kappa shape index (κ3) is 3.78. The van der Waals surface area contributed by atoms with Gasteiger partial charge in [-0.25, -0.2) is 0 Å². The molecule has 0 bridgehead atoms. The molecule has 0 amide bonds. The molecule has 2 rings (SSSR count). The van der Waals surface area contributed by atoms with Crippen molar-refractivity contribution in [3.05, 3.63) is 0 Å². The summed E-state index contributed by atoms with van der Waals surface area (Å²) in [7, 11) is 2.22. The number of likely N-dealkylation sites (tertiary alicyclic amines) is 1. The largest absolute Gasteiger partial charge is 0.374 e. The van der Waals surface area contributed by atoms with E-state index in [1.54, 1.807) is 0 Å². The van der Waals surface area contributed by atoms with E-state index in [0.29, 0.717) is 0 Å². The third-order valence-corrected chi connectivity index (χ3v) is 3.81. The van der Waals surface area contributed by atoms with E-state index in [4.69, 9.17) is 0 Å². The molecule has 2 heterocycles. The quantitative estimate of drug-likeness (QED) is 0.774. The van der Waals surface area contributed by atoms with Gasteiger partial charge >= 0.3 is 0 Å². The molecule has 92 valence electrons. The Labute approximate surface area is 99.3 Å². The molecule has 0 saturated carbocycles. The molecule has 3 nitrogen and oxygen atoms in total. The average molecular weight is 223 g/mol. The summed E-state index contributed by atoms with van der Waals surface area (Å²) in [6.07, 6.45) is 7.81. The van der Waals surface area contributed by atoms with Crippen LogP contribution in [0, 0.1) is 5.92 Å². The van der Waals surface area contributed by atoms with Crippen molar-refractivity contribution in [1.29, 1.82) is 0 Å². The van der Waals surface area contributed by atoms with Crippen LogP contribution in [-0.2, 0) is 0 Å². The van der Waals surface area contributed by atoms with Crippen LogP contribution in [0.3, 0.4) is 0 Å². The van der Waals surface area contributed by atoms with Crippen LogP contribution >= 0.6 is 0 Å². The van der Waals surface area contributed by atoms with Crippen LogP contribution in [0.2, 0.25) is 0 Å². The highest BCUT2D eigenvalue weighted by atomic mass is 15.1. The minimum atomic E-state index is 0.863. The molecule has 2 aliphatic heterocycles. The van der Waals surface area contributed by atoms with E-state index < -0.39 is 0 Å². The van der Waals surface area contributed by atoms with E-state index in [2.05, 4.69) is 22.3 Å². The molecule has 1 saturated heterocycles. The van der Waals surface area contributed by atoms with Crippen LogP contribution in [0.4, 0.5) is 0 Å². The fraction of sp³-hybridized carbons (Fsp3) is 0.923. The summed E-state index contributed by atoms with van der Waals surface area (Å²) in [4.78, 5) is 7.05. The Morgan fingerprint density at radius 1 is 1.25 bits per heavy atom. The molecular weight excluding hydrogens is 198 g/mol. The molecule has 0 unspecified atom stereocenters. The summed E-state index contributed by atoms with van der Waals surface area (Å²) < 4.78 is 0. The van der Waals surface area contributed by atoms with E-state index in [9.17, 15) is 0 Å². The molecule has 0 aliphatic carbocycles. The Morgan fingerprint density at radius 2 is 2.06 bits per heavy atom. The van der Waals surface area contributed by atoms with Crippen molar-refractivity contribution in [2.75, 3.05) is 33.2 Å². The second-order valence-corrected chi connectivity index (χ2v) is 5.27. The van der Waals surface area contributed by atoms with Crippen LogP contribution < -0.4 is 5.32 Å². The number of hydrogen-bond acceptors (Lipinski definition) is 3. The number of nitrogens with zero attached hydrogens (tertiary/aromatic N) is 2. The highest BCUT2D eigenvalue weighted by Crippen LogP contribution is 2.15. The molecule has 1 N–H and O–H groups in total. The van der Waals surface area contributed by atoms with E-state index in [1.807, 2.05) is 0 Å². The first kappa shape index (κ1) is 11.9. The van der Waals surface area contributed by atoms with Crippen LogP contribution in [-0.4, -0.2) is 44.0 Å². The lowest BCUT2D eigenvalue weighted by atomic mass is 9.97. The highest BCUT2D eigenvalue weighted by molar-refractivity contribution is 5.82. The summed E-state index contributed by atoms with van der Waals surface area (Å²) in [5.74, 6) is 2.14. The van der Waals surface area contributed by atoms with Gasteiger partial charge in [0.2, 0.25) is 0 Å². The van der Waals surface area contributed by atoms with Gasteiger partial charge in [-0.2, -0.15) is 0 Å². The van der Waals surface area contributed by atoms with Crippen LogP contribution in [0.5, 0.6) is 0 Å². The van der Waals surface area contributed by atoms with Gasteiger partial charge < -0.3 is 10.2 Å². The number of nitrogens with one attached hydrogen (secondary N) is 1. The summed E-state index contributed by atoms with van der Waals surface area (Å²) in [5, 5.41) is 3.58. The van der Waals surface area contributed by atoms with Crippen molar-refractivity contribution in [3.63, 3.8) is 0 Å². The first-order chi connectivity index (χ1) is 7.84. The fourth-order valence-corrected chi connectivity index (χ4v) is 2.55. The van der Waals surface area contributed by atoms with Crippen LogP contribution in [0.25, 0.3) is 0 Å². The normalized spacial score (nSPS) is 24.9. The Bertz CT molecular complexity index is 229. The zero-order chi connectivity index (χ0) is 11.2. The van der Waals surface area contributed by atoms with Crippen LogP contribution in [0.1, 0.15) is 38.5 Å². The van der Waals surface area contributed by atoms with Gasteiger partial charge in [-0.1, -0.05) is 6.42 Å². The van der Waals surface area contributed by atoms with Gasteiger partial charge in [0.1, 0.15) is 0 Å². The SMILES string of the molecule is CN1CCC(CNC2=NCCCCC2)CC1. The summed E-state index contributed by atoms with van der Waals surface area (Å²) >= 11 is 0. The molecule has 3 heteroatoms.